The number of halogens is 1. The van der Waals surface area contributed by atoms with E-state index in [1.54, 1.807) is 6.92 Å². The third kappa shape index (κ3) is 4.84. The van der Waals surface area contributed by atoms with Crippen molar-refractivity contribution in [1.82, 2.24) is 5.32 Å². The zero-order valence-corrected chi connectivity index (χ0v) is 12.2. The molecule has 3 nitrogen and oxygen atoms in total. The van der Waals surface area contributed by atoms with Gasteiger partial charge in [-0.3, -0.25) is 0 Å². The van der Waals surface area contributed by atoms with E-state index in [9.17, 15) is 5.11 Å². The van der Waals surface area contributed by atoms with Gasteiger partial charge in [-0.25, -0.2) is 0 Å². The average molecular weight is 271 g/mol. The Hall–Kier alpha value is -0.770. The van der Waals surface area contributed by atoms with Crippen LogP contribution in [0.4, 0.5) is 5.69 Å². The Labute approximate surface area is 115 Å². The van der Waals surface area contributed by atoms with Gasteiger partial charge in [-0.15, -0.1) is 0 Å². The Balaban J connectivity index is 2.66. The molecule has 1 atom stereocenters. The average Bonchev–Trinajstić information content (AvgIpc) is 2.30. The summed E-state index contributed by atoms with van der Waals surface area (Å²) in [5, 5.41) is 13.5. The lowest BCUT2D eigenvalue weighted by molar-refractivity contribution is 0.201. The van der Waals surface area contributed by atoms with E-state index in [1.807, 2.05) is 30.1 Å². The van der Waals surface area contributed by atoms with E-state index in [-0.39, 0.29) is 6.10 Å². The van der Waals surface area contributed by atoms with Crippen LogP contribution in [-0.2, 0) is 6.54 Å². The molecule has 18 heavy (non-hydrogen) atoms. The van der Waals surface area contributed by atoms with Crippen molar-refractivity contribution >= 4 is 17.3 Å². The van der Waals surface area contributed by atoms with Gasteiger partial charge in [0, 0.05) is 30.8 Å². The first-order chi connectivity index (χ1) is 8.54. The van der Waals surface area contributed by atoms with Gasteiger partial charge in [-0.2, -0.15) is 0 Å². The van der Waals surface area contributed by atoms with Crippen LogP contribution >= 0.6 is 11.6 Å². The molecule has 0 aliphatic carbocycles. The first-order valence-electron chi connectivity index (χ1n) is 6.43. The van der Waals surface area contributed by atoms with Gasteiger partial charge in [0.15, 0.2) is 0 Å². The molecule has 0 aliphatic heterocycles. The van der Waals surface area contributed by atoms with Crippen LogP contribution < -0.4 is 10.2 Å². The number of nitrogens with zero attached hydrogens (tertiary/aromatic N) is 1. The maximum atomic E-state index is 9.37. The smallest absolute Gasteiger partial charge is 0.0686 e. The van der Waals surface area contributed by atoms with Crippen LogP contribution in [0, 0.1) is 0 Å². The molecular formula is C14H23ClN2O. The Morgan fingerprint density at radius 1 is 1.44 bits per heavy atom. The van der Waals surface area contributed by atoms with Gasteiger partial charge >= 0.3 is 0 Å². The fraction of sp³-hybridized carbons (Fsp3) is 0.571. The zero-order chi connectivity index (χ0) is 13.5. The van der Waals surface area contributed by atoms with Crippen LogP contribution in [0.1, 0.15) is 25.8 Å². The number of aliphatic hydroxyl groups is 1. The fourth-order valence-electron chi connectivity index (χ4n) is 1.82. The van der Waals surface area contributed by atoms with E-state index < -0.39 is 0 Å². The number of hydrogen-bond donors (Lipinski definition) is 2. The molecule has 0 aromatic heterocycles. The number of nitrogens with one attached hydrogen (secondary N) is 1. The topological polar surface area (TPSA) is 35.5 Å². The van der Waals surface area contributed by atoms with Gasteiger partial charge < -0.3 is 15.3 Å². The predicted octanol–water partition coefficient (Wildman–Crippen LogP) is 2.66. The van der Waals surface area contributed by atoms with E-state index >= 15 is 0 Å². The highest BCUT2D eigenvalue weighted by Gasteiger charge is 2.07. The molecule has 1 aromatic carbocycles. The van der Waals surface area contributed by atoms with Crippen molar-refractivity contribution in [1.29, 1.82) is 0 Å². The number of likely N-dealkylation sites (N-methyl/N-ethyl adjacent to an activating group) is 1. The Morgan fingerprint density at radius 3 is 2.72 bits per heavy atom. The second-order valence-corrected chi connectivity index (χ2v) is 5.09. The van der Waals surface area contributed by atoms with Crippen LogP contribution in [0.2, 0.25) is 5.02 Å². The lowest BCUT2D eigenvalue weighted by Crippen LogP contribution is -2.26. The number of hydrogen-bond acceptors (Lipinski definition) is 3. The molecule has 0 saturated carbocycles. The fourth-order valence-corrected chi connectivity index (χ4v) is 2.06. The summed E-state index contributed by atoms with van der Waals surface area (Å²) in [7, 11) is 1.95. The Kier molecular flexibility index (Phi) is 6.47. The van der Waals surface area contributed by atoms with Gasteiger partial charge in [0.2, 0.25) is 0 Å². The van der Waals surface area contributed by atoms with E-state index in [0.717, 1.165) is 35.8 Å². The number of benzene rings is 1. The third-order valence-electron chi connectivity index (χ3n) is 2.76. The predicted molar refractivity (Wildman–Crippen MR) is 78.4 cm³/mol. The van der Waals surface area contributed by atoms with Crippen molar-refractivity contribution in [3.8, 4) is 0 Å². The number of rotatable bonds is 7. The molecular weight excluding hydrogens is 248 g/mol. The zero-order valence-electron chi connectivity index (χ0n) is 11.4. The van der Waals surface area contributed by atoms with Crippen molar-refractivity contribution in [3.63, 3.8) is 0 Å². The molecule has 0 radical (unpaired) electrons. The minimum Gasteiger partial charge on any atom is -0.392 e. The highest BCUT2D eigenvalue weighted by molar-refractivity contribution is 6.31. The first-order valence-corrected chi connectivity index (χ1v) is 6.80. The summed E-state index contributed by atoms with van der Waals surface area (Å²) in [6.07, 6.45) is 0.770. The minimum absolute atomic E-state index is 0.348. The molecule has 0 bridgehead atoms. The standard InChI is InChI=1S/C14H23ClN2O/c1-4-7-16-9-12-5-6-13(8-14(12)15)17(3)10-11(2)18/h5-6,8,11,16,18H,4,7,9-10H2,1-3H3. The Morgan fingerprint density at radius 2 is 2.17 bits per heavy atom. The summed E-state index contributed by atoms with van der Waals surface area (Å²) in [5.41, 5.74) is 2.14. The molecule has 1 unspecified atom stereocenters. The van der Waals surface area contributed by atoms with Gasteiger partial charge in [-0.05, 0) is 37.6 Å². The summed E-state index contributed by atoms with van der Waals surface area (Å²) >= 11 is 6.26. The molecule has 1 rings (SSSR count). The summed E-state index contributed by atoms with van der Waals surface area (Å²) in [4.78, 5) is 2.00. The van der Waals surface area contributed by atoms with E-state index in [1.165, 1.54) is 0 Å². The molecule has 2 N–H and O–H groups in total. The summed E-state index contributed by atoms with van der Waals surface area (Å²) < 4.78 is 0. The van der Waals surface area contributed by atoms with E-state index in [4.69, 9.17) is 11.6 Å². The maximum Gasteiger partial charge on any atom is 0.0686 e. The van der Waals surface area contributed by atoms with Gasteiger partial charge in [-0.1, -0.05) is 24.6 Å². The normalized spacial score (nSPS) is 12.5. The first kappa shape index (κ1) is 15.3. The highest BCUT2D eigenvalue weighted by atomic mass is 35.5. The molecule has 0 amide bonds. The molecule has 102 valence electrons. The quantitative estimate of drug-likeness (QED) is 0.748. The summed E-state index contributed by atoms with van der Waals surface area (Å²) in [6, 6.07) is 6.03. The molecule has 0 aliphatic rings. The molecule has 0 saturated heterocycles. The molecule has 4 heteroatoms. The maximum absolute atomic E-state index is 9.37. The van der Waals surface area contributed by atoms with Crippen LogP contribution in [0.25, 0.3) is 0 Å². The van der Waals surface area contributed by atoms with Crippen molar-refractivity contribution in [2.75, 3.05) is 25.0 Å². The monoisotopic (exact) mass is 270 g/mol. The van der Waals surface area contributed by atoms with Crippen molar-refractivity contribution in [2.24, 2.45) is 0 Å². The van der Waals surface area contributed by atoms with Crippen molar-refractivity contribution < 1.29 is 5.11 Å². The summed E-state index contributed by atoms with van der Waals surface area (Å²) in [6.45, 7) is 6.32. The SMILES string of the molecule is CCCNCc1ccc(N(C)CC(C)O)cc1Cl. The molecule has 0 fully saturated rings. The lowest BCUT2D eigenvalue weighted by atomic mass is 10.2. The Bertz CT molecular complexity index is 369. The van der Waals surface area contributed by atoms with Crippen molar-refractivity contribution in [2.45, 2.75) is 32.9 Å². The van der Waals surface area contributed by atoms with E-state index in [0.29, 0.717) is 6.54 Å². The minimum atomic E-state index is -0.348. The number of anilines is 1. The summed E-state index contributed by atoms with van der Waals surface area (Å²) in [5.74, 6) is 0. The van der Waals surface area contributed by atoms with Crippen molar-refractivity contribution in [3.05, 3.63) is 28.8 Å². The van der Waals surface area contributed by atoms with Crippen LogP contribution in [0.15, 0.2) is 18.2 Å². The highest BCUT2D eigenvalue weighted by Crippen LogP contribution is 2.23. The van der Waals surface area contributed by atoms with E-state index in [2.05, 4.69) is 12.2 Å². The molecule has 0 spiro atoms. The number of aliphatic hydroxyl groups excluding tert-OH is 1. The second-order valence-electron chi connectivity index (χ2n) is 4.68. The van der Waals surface area contributed by atoms with Gasteiger partial charge in [0.05, 0.1) is 6.10 Å². The molecule has 1 aromatic rings. The third-order valence-corrected chi connectivity index (χ3v) is 3.11. The van der Waals surface area contributed by atoms with Gasteiger partial charge in [0.25, 0.3) is 0 Å². The second kappa shape index (κ2) is 7.62. The van der Waals surface area contributed by atoms with Crippen LogP contribution in [-0.4, -0.2) is 31.3 Å². The van der Waals surface area contributed by atoms with Crippen LogP contribution in [0.5, 0.6) is 0 Å². The molecule has 0 heterocycles. The van der Waals surface area contributed by atoms with Crippen LogP contribution in [0.3, 0.4) is 0 Å². The largest absolute Gasteiger partial charge is 0.392 e. The lowest BCUT2D eigenvalue weighted by Gasteiger charge is -2.21. The van der Waals surface area contributed by atoms with Gasteiger partial charge in [0.1, 0.15) is 0 Å².